The maximum atomic E-state index is 5.81. The first-order chi connectivity index (χ1) is 7.86. The molecular formula is C13H23NO2. The van der Waals surface area contributed by atoms with Crippen LogP contribution in [0.5, 0.6) is 0 Å². The van der Waals surface area contributed by atoms with E-state index in [1.54, 1.807) is 0 Å². The fourth-order valence-electron chi connectivity index (χ4n) is 3.52. The van der Waals surface area contributed by atoms with E-state index in [0.29, 0.717) is 0 Å². The molecule has 0 N–H and O–H groups in total. The molecule has 0 atom stereocenters. The first kappa shape index (κ1) is 11.0. The third-order valence-electron chi connectivity index (χ3n) is 4.30. The van der Waals surface area contributed by atoms with Crippen molar-refractivity contribution in [2.24, 2.45) is 5.92 Å². The van der Waals surface area contributed by atoms with Crippen LogP contribution in [0.25, 0.3) is 0 Å². The van der Waals surface area contributed by atoms with Crippen LogP contribution in [0.4, 0.5) is 0 Å². The van der Waals surface area contributed by atoms with Crippen molar-refractivity contribution in [2.75, 3.05) is 32.8 Å². The standard InChI is InChI=1S/C13H23NO2/c1-2-5-12(4-1)10-14-7-3-6-13(11-14)15-8-9-16-13/h12H,1-11H2. The van der Waals surface area contributed by atoms with Crippen LogP contribution < -0.4 is 0 Å². The zero-order chi connectivity index (χ0) is 10.8. The maximum Gasteiger partial charge on any atom is 0.181 e. The fourth-order valence-corrected chi connectivity index (χ4v) is 3.52. The molecule has 1 aliphatic carbocycles. The van der Waals surface area contributed by atoms with E-state index in [9.17, 15) is 0 Å². The van der Waals surface area contributed by atoms with E-state index in [1.807, 2.05) is 0 Å². The van der Waals surface area contributed by atoms with E-state index in [4.69, 9.17) is 9.47 Å². The first-order valence-corrected chi connectivity index (χ1v) is 6.87. The highest BCUT2D eigenvalue weighted by Gasteiger charge is 2.41. The molecule has 3 rings (SSSR count). The third-order valence-corrected chi connectivity index (χ3v) is 4.30. The summed E-state index contributed by atoms with van der Waals surface area (Å²) in [6.45, 7) is 5.09. The average molecular weight is 225 g/mol. The van der Waals surface area contributed by atoms with Gasteiger partial charge < -0.3 is 9.47 Å². The van der Waals surface area contributed by atoms with Gasteiger partial charge in [-0.05, 0) is 31.7 Å². The van der Waals surface area contributed by atoms with E-state index in [2.05, 4.69) is 4.90 Å². The van der Waals surface area contributed by atoms with Crippen LogP contribution in [0.15, 0.2) is 0 Å². The number of nitrogens with zero attached hydrogens (tertiary/aromatic N) is 1. The molecule has 0 amide bonds. The molecule has 0 radical (unpaired) electrons. The summed E-state index contributed by atoms with van der Waals surface area (Å²) in [7, 11) is 0. The Kier molecular flexibility index (Phi) is 3.18. The van der Waals surface area contributed by atoms with E-state index < -0.39 is 0 Å². The first-order valence-electron chi connectivity index (χ1n) is 6.87. The lowest BCUT2D eigenvalue weighted by Gasteiger charge is -2.39. The van der Waals surface area contributed by atoms with Crippen LogP contribution in [0.3, 0.4) is 0 Å². The smallest absolute Gasteiger partial charge is 0.181 e. The van der Waals surface area contributed by atoms with Gasteiger partial charge in [-0.2, -0.15) is 0 Å². The lowest BCUT2D eigenvalue weighted by molar-refractivity contribution is -0.190. The molecule has 3 nitrogen and oxygen atoms in total. The van der Waals surface area contributed by atoms with Crippen molar-refractivity contribution in [3.63, 3.8) is 0 Å². The number of hydrogen-bond acceptors (Lipinski definition) is 3. The van der Waals surface area contributed by atoms with Gasteiger partial charge in [0.1, 0.15) is 0 Å². The van der Waals surface area contributed by atoms with Gasteiger partial charge in [-0.15, -0.1) is 0 Å². The van der Waals surface area contributed by atoms with Gasteiger partial charge in [0.25, 0.3) is 0 Å². The monoisotopic (exact) mass is 225 g/mol. The summed E-state index contributed by atoms with van der Waals surface area (Å²) >= 11 is 0. The van der Waals surface area contributed by atoms with E-state index >= 15 is 0 Å². The minimum atomic E-state index is -0.225. The fraction of sp³-hybridized carbons (Fsp3) is 1.00. The van der Waals surface area contributed by atoms with Gasteiger partial charge in [-0.3, -0.25) is 4.90 Å². The minimum absolute atomic E-state index is 0.225. The molecule has 0 bridgehead atoms. The lowest BCUT2D eigenvalue weighted by Crippen LogP contribution is -2.49. The van der Waals surface area contributed by atoms with Gasteiger partial charge in [0.15, 0.2) is 5.79 Å². The van der Waals surface area contributed by atoms with Crippen molar-refractivity contribution in [1.82, 2.24) is 4.90 Å². The molecule has 92 valence electrons. The Hall–Kier alpha value is -0.120. The van der Waals surface area contributed by atoms with Gasteiger partial charge >= 0.3 is 0 Å². The average Bonchev–Trinajstić information content (AvgIpc) is 2.91. The Bertz CT molecular complexity index is 232. The van der Waals surface area contributed by atoms with Crippen molar-refractivity contribution in [2.45, 2.75) is 44.3 Å². The second-order valence-electron chi connectivity index (χ2n) is 5.60. The highest BCUT2D eigenvalue weighted by molar-refractivity contribution is 4.85. The van der Waals surface area contributed by atoms with Gasteiger partial charge in [0.2, 0.25) is 0 Å². The third kappa shape index (κ3) is 2.27. The van der Waals surface area contributed by atoms with E-state index in [1.165, 1.54) is 45.2 Å². The van der Waals surface area contributed by atoms with Crippen LogP contribution in [-0.4, -0.2) is 43.5 Å². The number of likely N-dealkylation sites (tertiary alicyclic amines) is 1. The predicted octanol–water partition coefficient (Wildman–Crippen LogP) is 2.02. The Labute approximate surface area is 98.1 Å². The summed E-state index contributed by atoms with van der Waals surface area (Å²) in [4.78, 5) is 2.57. The van der Waals surface area contributed by atoms with Gasteiger partial charge in [-0.1, -0.05) is 12.8 Å². The van der Waals surface area contributed by atoms with E-state index in [0.717, 1.165) is 32.1 Å². The largest absolute Gasteiger partial charge is 0.346 e. The molecule has 2 heterocycles. The van der Waals surface area contributed by atoms with Crippen molar-refractivity contribution in [3.8, 4) is 0 Å². The number of rotatable bonds is 2. The lowest BCUT2D eigenvalue weighted by atomic mass is 10.0. The molecule has 1 saturated carbocycles. The topological polar surface area (TPSA) is 21.7 Å². The second kappa shape index (κ2) is 4.63. The molecule has 1 spiro atoms. The maximum absolute atomic E-state index is 5.81. The summed E-state index contributed by atoms with van der Waals surface area (Å²) in [6.07, 6.45) is 8.07. The van der Waals surface area contributed by atoms with Crippen molar-refractivity contribution < 1.29 is 9.47 Å². The number of hydrogen-bond donors (Lipinski definition) is 0. The molecule has 3 fully saturated rings. The predicted molar refractivity (Wildman–Crippen MR) is 62.3 cm³/mol. The Morgan fingerprint density at radius 2 is 1.81 bits per heavy atom. The summed E-state index contributed by atoms with van der Waals surface area (Å²) in [5, 5.41) is 0. The molecule has 3 heteroatoms. The Morgan fingerprint density at radius 3 is 2.56 bits per heavy atom. The Morgan fingerprint density at radius 1 is 1.06 bits per heavy atom. The summed E-state index contributed by atoms with van der Waals surface area (Å²) in [5.74, 6) is 0.716. The zero-order valence-corrected chi connectivity index (χ0v) is 10.1. The summed E-state index contributed by atoms with van der Waals surface area (Å²) in [6, 6.07) is 0. The van der Waals surface area contributed by atoms with Crippen molar-refractivity contribution in [1.29, 1.82) is 0 Å². The SMILES string of the molecule is C1CCC(CN2CCCC3(C2)OCCO3)C1. The van der Waals surface area contributed by atoms with E-state index in [-0.39, 0.29) is 5.79 Å². The highest BCUT2D eigenvalue weighted by Crippen LogP contribution is 2.32. The van der Waals surface area contributed by atoms with Crippen LogP contribution in [0.2, 0.25) is 0 Å². The highest BCUT2D eigenvalue weighted by atomic mass is 16.7. The van der Waals surface area contributed by atoms with Crippen LogP contribution in [0, 0.1) is 5.92 Å². The van der Waals surface area contributed by atoms with Crippen molar-refractivity contribution >= 4 is 0 Å². The Balaban J connectivity index is 1.55. The molecule has 2 aliphatic heterocycles. The van der Waals surface area contributed by atoms with Gasteiger partial charge in [-0.25, -0.2) is 0 Å². The van der Waals surface area contributed by atoms with Crippen LogP contribution >= 0.6 is 0 Å². The molecule has 0 aromatic heterocycles. The quantitative estimate of drug-likeness (QED) is 0.717. The summed E-state index contributed by atoms with van der Waals surface area (Å²) in [5.41, 5.74) is 0. The zero-order valence-electron chi connectivity index (χ0n) is 10.1. The van der Waals surface area contributed by atoms with Crippen LogP contribution in [0.1, 0.15) is 38.5 Å². The number of piperidine rings is 1. The van der Waals surface area contributed by atoms with Crippen molar-refractivity contribution in [3.05, 3.63) is 0 Å². The second-order valence-corrected chi connectivity index (χ2v) is 5.60. The summed E-state index contributed by atoms with van der Waals surface area (Å²) < 4.78 is 11.6. The molecule has 16 heavy (non-hydrogen) atoms. The van der Waals surface area contributed by atoms with Crippen LogP contribution in [-0.2, 0) is 9.47 Å². The molecule has 0 aromatic carbocycles. The normalized spacial score (nSPS) is 31.5. The molecule has 0 unspecified atom stereocenters. The minimum Gasteiger partial charge on any atom is -0.346 e. The number of ether oxygens (including phenoxy) is 2. The molecular weight excluding hydrogens is 202 g/mol. The molecule has 3 aliphatic rings. The van der Waals surface area contributed by atoms with Gasteiger partial charge in [0.05, 0.1) is 19.8 Å². The molecule has 2 saturated heterocycles. The molecule has 0 aromatic rings. The van der Waals surface area contributed by atoms with Gasteiger partial charge in [0, 0.05) is 13.0 Å².